The molecule has 2 aromatic carbocycles. The molecule has 0 unspecified atom stereocenters. The van der Waals surface area contributed by atoms with E-state index in [0.29, 0.717) is 23.9 Å². The molecule has 2 rings (SSSR count). The number of ether oxygens (including phenoxy) is 2. The van der Waals surface area contributed by atoms with E-state index in [2.05, 4.69) is 13.0 Å². The second-order valence-corrected chi connectivity index (χ2v) is 5.10. The van der Waals surface area contributed by atoms with Gasteiger partial charge in [-0.3, -0.25) is 0 Å². The first kappa shape index (κ1) is 15.5. The summed E-state index contributed by atoms with van der Waals surface area (Å²) in [5, 5.41) is 0.543. The quantitative estimate of drug-likeness (QED) is 0.611. The number of anilines is 1. The Balaban J connectivity index is 1.73. The van der Waals surface area contributed by atoms with Crippen LogP contribution in [0.1, 0.15) is 18.9 Å². The van der Waals surface area contributed by atoms with Crippen LogP contribution in [-0.2, 0) is 6.42 Å². The molecule has 0 aliphatic rings. The number of nitrogen functional groups attached to an aromatic ring is 1. The molecule has 0 bridgehead atoms. The molecule has 21 heavy (non-hydrogen) atoms. The predicted octanol–water partition coefficient (Wildman–Crippen LogP) is 4.33. The summed E-state index contributed by atoms with van der Waals surface area (Å²) in [7, 11) is 0. The summed E-state index contributed by atoms with van der Waals surface area (Å²) in [5.41, 5.74) is 7.48. The zero-order chi connectivity index (χ0) is 15.1. The third-order valence-corrected chi connectivity index (χ3v) is 3.48. The van der Waals surface area contributed by atoms with Crippen molar-refractivity contribution in [3.63, 3.8) is 0 Å². The summed E-state index contributed by atoms with van der Waals surface area (Å²) < 4.78 is 11.4. The molecular weight excluding hydrogens is 286 g/mol. The van der Waals surface area contributed by atoms with Crippen LogP contribution in [0.5, 0.6) is 11.5 Å². The van der Waals surface area contributed by atoms with E-state index >= 15 is 0 Å². The van der Waals surface area contributed by atoms with Crippen LogP contribution < -0.4 is 15.2 Å². The minimum Gasteiger partial charge on any atom is -0.493 e. The molecule has 3 nitrogen and oxygen atoms in total. The lowest BCUT2D eigenvalue weighted by molar-refractivity contribution is 0.246. The number of hydrogen-bond acceptors (Lipinski definition) is 3. The van der Waals surface area contributed by atoms with E-state index in [1.165, 1.54) is 5.56 Å². The number of hydrogen-bond donors (Lipinski definition) is 1. The van der Waals surface area contributed by atoms with Crippen molar-refractivity contribution >= 4 is 17.3 Å². The third kappa shape index (κ3) is 4.57. The molecule has 0 saturated heterocycles. The van der Waals surface area contributed by atoms with E-state index in [-0.39, 0.29) is 0 Å². The van der Waals surface area contributed by atoms with Crippen LogP contribution in [0.15, 0.2) is 42.5 Å². The van der Waals surface area contributed by atoms with Crippen LogP contribution in [0.4, 0.5) is 5.69 Å². The molecule has 2 aromatic rings. The van der Waals surface area contributed by atoms with E-state index in [4.69, 9.17) is 26.8 Å². The minimum absolute atomic E-state index is 0.530. The van der Waals surface area contributed by atoms with Crippen LogP contribution in [0.3, 0.4) is 0 Å². The second kappa shape index (κ2) is 7.79. The highest BCUT2D eigenvalue weighted by molar-refractivity contribution is 6.33. The molecule has 0 aliphatic heterocycles. The molecule has 0 aromatic heterocycles. The molecule has 0 aliphatic carbocycles. The standard InChI is InChI=1S/C17H20ClNO2/c1-2-13-6-3-4-7-17(13)21-11-5-10-20-14-8-9-15(18)16(19)12-14/h3-4,6-9,12H,2,5,10-11,19H2,1H3. The highest BCUT2D eigenvalue weighted by Crippen LogP contribution is 2.24. The molecule has 0 saturated carbocycles. The van der Waals surface area contributed by atoms with Crippen molar-refractivity contribution in [1.82, 2.24) is 0 Å². The Kier molecular flexibility index (Phi) is 5.76. The van der Waals surface area contributed by atoms with E-state index in [9.17, 15) is 0 Å². The monoisotopic (exact) mass is 305 g/mol. The summed E-state index contributed by atoms with van der Waals surface area (Å²) in [6.07, 6.45) is 1.78. The Bertz CT molecular complexity index is 587. The van der Waals surface area contributed by atoms with Crippen LogP contribution in [0, 0.1) is 0 Å². The molecular formula is C17H20ClNO2. The maximum Gasteiger partial charge on any atom is 0.122 e. The Hall–Kier alpha value is -1.87. The Morgan fingerprint density at radius 3 is 2.57 bits per heavy atom. The van der Waals surface area contributed by atoms with Crippen LogP contribution in [0.25, 0.3) is 0 Å². The molecule has 0 atom stereocenters. The number of para-hydroxylation sites is 1. The SMILES string of the molecule is CCc1ccccc1OCCCOc1ccc(Cl)c(N)c1. The van der Waals surface area contributed by atoms with Gasteiger partial charge in [0.25, 0.3) is 0 Å². The maximum absolute atomic E-state index is 5.86. The number of rotatable bonds is 7. The number of halogens is 1. The van der Waals surface area contributed by atoms with Crippen molar-refractivity contribution in [1.29, 1.82) is 0 Å². The first-order valence-corrected chi connectivity index (χ1v) is 7.47. The average molecular weight is 306 g/mol. The van der Waals surface area contributed by atoms with Gasteiger partial charge in [-0.2, -0.15) is 0 Å². The number of aryl methyl sites for hydroxylation is 1. The summed E-state index contributed by atoms with van der Waals surface area (Å²) >= 11 is 5.86. The van der Waals surface area contributed by atoms with Gasteiger partial charge in [0, 0.05) is 12.5 Å². The molecule has 0 amide bonds. The maximum atomic E-state index is 5.86. The van der Waals surface area contributed by atoms with Crippen molar-refractivity contribution in [2.45, 2.75) is 19.8 Å². The fourth-order valence-electron chi connectivity index (χ4n) is 1.98. The fourth-order valence-corrected chi connectivity index (χ4v) is 2.10. The van der Waals surface area contributed by atoms with E-state index < -0.39 is 0 Å². The molecule has 2 N–H and O–H groups in total. The second-order valence-electron chi connectivity index (χ2n) is 4.70. The fraction of sp³-hybridized carbons (Fsp3) is 0.294. The molecule has 0 heterocycles. The first-order chi connectivity index (χ1) is 10.2. The zero-order valence-electron chi connectivity index (χ0n) is 12.1. The van der Waals surface area contributed by atoms with Crippen LogP contribution in [-0.4, -0.2) is 13.2 Å². The lowest BCUT2D eigenvalue weighted by Gasteiger charge is -2.11. The highest BCUT2D eigenvalue weighted by Gasteiger charge is 2.01. The summed E-state index contributed by atoms with van der Waals surface area (Å²) in [6.45, 7) is 3.33. The van der Waals surface area contributed by atoms with Crippen molar-refractivity contribution in [3.05, 3.63) is 53.1 Å². The van der Waals surface area contributed by atoms with Gasteiger partial charge in [-0.15, -0.1) is 0 Å². The zero-order valence-corrected chi connectivity index (χ0v) is 12.9. The minimum atomic E-state index is 0.530. The van der Waals surface area contributed by atoms with Crippen molar-refractivity contribution in [2.75, 3.05) is 18.9 Å². The van der Waals surface area contributed by atoms with Gasteiger partial charge in [-0.25, -0.2) is 0 Å². The Labute approximate surface area is 130 Å². The van der Waals surface area contributed by atoms with E-state index in [1.54, 1.807) is 12.1 Å². The van der Waals surface area contributed by atoms with Crippen molar-refractivity contribution in [3.8, 4) is 11.5 Å². The van der Waals surface area contributed by atoms with Gasteiger partial charge in [-0.1, -0.05) is 36.7 Å². The van der Waals surface area contributed by atoms with Gasteiger partial charge in [0.1, 0.15) is 11.5 Å². The van der Waals surface area contributed by atoms with Crippen molar-refractivity contribution < 1.29 is 9.47 Å². The van der Waals surface area contributed by atoms with Crippen LogP contribution >= 0.6 is 11.6 Å². The van der Waals surface area contributed by atoms with Crippen molar-refractivity contribution in [2.24, 2.45) is 0 Å². The largest absolute Gasteiger partial charge is 0.493 e. The van der Waals surface area contributed by atoms with E-state index in [0.717, 1.165) is 24.3 Å². The molecule has 0 spiro atoms. The number of benzene rings is 2. The molecule has 0 radical (unpaired) electrons. The smallest absolute Gasteiger partial charge is 0.122 e. The van der Waals surface area contributed by atoms with Gasteiger partial charge in [-0.05, 0) is 30.2 Å². The van der Waals surface area contributed by atoms with Gasteiger partial charge >= 0.3 is 0 Å². The Morgan fingerprint density at radius 2 is 1.81 bits per heavy atom. The van der Waals surface area contributed by atoms with Crippen LogP contribution in [0.2, 0.25) is 5.02 Å². The third-order valence-electron chi connectivity index (χ3n) is 3.14. The molecule has 112 valence electrons. The molecule has 4 heteroatoms. The van der Waals surface area contributed by atoms with Gasteiger partial charge in [0.05, 0.1) is 23.9 Å². The predicted molar refractivity (Wildman–Crippen MR) is 87.3 cm³/mol. The van der Waals surface area contributed by atoms with Gasteiger partial charge in [0.2, 0.25) is 0 Å². The molecule has 0 fully saturated rings. The normalized spacial score (nSPS) is 10.4. The van der Waals surface area contributed by atoms with E-state index in [1.807, 2.05) is 24.3 Å². The first-order valence-electron chi connectivity index (χ1n) is 7.09. The highest BCUT2D eigenvalue weighted by atomic mass is 35.5. The lowest BCUT2D eigenvalue weighted by Crippen LogP contribution is -2.06. The van der Waals surface area contributed by atoms with Gasteiger partial charge in [0.15, 0.2) is 0 Å². The number of nitrogens with two attached hydrogens (primary N) is 1. The Morgan fingerprint density at radius 1 is 1.05 bits per heavy atom. The summed E-state index contributed by atoms with van der Waals surface area (Å²) in [5.74, 6) is 1.68. The summed E-state index contributed by atoms with van der Waals surface area (Å²) in [4.78, 5) is 0. The lowest BCUT2D eigenvalue weighted by atomic mass is 10.1. The topological polar surface area (TPSA) is 44.5 Å². The average Bonchev–Trinajstić information content (AvgIpc) is 2.51. The van der Waals surface area contributed by atoms with Gasteiger partial charge < -0.3 is 15.2 Å². The summed E-state index contributed by atoms with van der Waals surface area (Å²) in [6, 6.07) is 13.4.